The van der Waals surface area contributed by atoms with E-state index >= 15 is 0 Å². The van der Waals surface area contributed by atoms with E-state index in [2.05, 4.69) is 25.6 Å². The van der Waals surface area contributed by atoms with Gasteiger partial charge in [0.25, 0.3) is 5.91 Å². The summed E-state index contributed by atoms with van der Waals surface area (Å²) in [6, 6.07) is 7.71. The van der Waals surface area contributed by atoms with Crippen LogP contribution < -0.4 is 4.74 Å². The normalized spacial score (nSPS) is 15.9. The van der Waals surface area contributed by atoms with Crippen molar-refractivity contribution in [1.82, 2.24) is 9.80 Å². The number of alkyl halides is 3. The maximum Gasteiger partial charge on any atom is 0.573 e. The molecule has 0 bridgehead atoms. The molecule has 0 spiro atoms. The van der Waals surface area contributed by atoms with Crippen LogP contribution in [-0.4, -0.2) is 48.2 Å². The van der Waals surface area contributed by atoms with Crippen LogP contribution in [0.1, 0.15) is 15.9 Å². The number of nitrogens with zero attached hydrogens (tertiary/aromatic N) is 2. The van der Waals surface area contributed by atoms with Crippen LogP contribution in [0.4, 0.5) is 13.2 Å². The third-order valence-electron chi connectivity index (χ3n) is 4.04. The second-order valence-electron chi connectivity index (χ2n) is 5.90. The first kappa shape index (κ1) is 19.2. The summed E-state index contributed by atoms with van der Waals surface area (Å²) in [5, 5.41) is 1.84. The van der Waals surface area contributed by atoms with Gasteiger partial charge in [0.1, 0.15) is 5.75 Å². The van der Waals surface area contributed by atoms with Crippen LogP contribution >= 0.6 is 27.3 Å². The number of hydrogen-bond acceptors (Lipinski definition) is 4. The summed E-state index contributed by atoms with van der Waals surface area (Å²) in [6.07, 6.45) is -4.68. The van der Waals surface area contributed by atoms with E-state index in [0.717, 1.165) is 22.4 Å². The molecule has 2 aromatic rings. The number of ether oxygens (including phenoxy) is 1. The molecule has 1 amide bonds. The summed E-state index contributed by atoms with van der Waals surface area (Å²) in [6.45, 7) is 3.32. The lowest BCUT2D eigenvalue weighted by Crippen LogP contribution is -2.48. The standard InChI is InChI=1S/C17H16BrF3N2O2S/c18-15-9-13(11-26-15)16(24)23-7-5-22(6-8-23)10-12-1-3-14(4-2-12)25-17(19,20)21/h1-4,9,11H,5-8,10H2. The molecule has 26 heavy (non-hydrogen) atoms. The van der Waals surface area contributed by atoms with Gasteiger partial charge in [-0.1, -0.05) is 12.1 Å². The van der Waals surface area contributed by atoms with Crippen molar-refractivity contribution in [3.05, 3.63) is 50.6 Å². The van der Waals surface area contributed by atoms with E-state index in [1.807, 2.05) is 16.3 Å². The monoisotopic (exact) mass is 448 g/mol. The van der Waals surface area contributed by atoms with E-state index in [4.69, 9.17) is 0 Å². The molecule has 1 saturated heterocycles. The third-order valence-corrected chi connectivity index (χ3v) is 5.54. The summed E-state index contributed by atoms with van der Waals surface area (Å²) in [5.41, 5.74) is 1.59. The molecule has 1 aromatic heterocycles. The van der Waals surface area contributed by atoms with Gasteiger partial charge in [0.2, 0.25) is 0 Å². The fourth-order valence-electron chi connectivity index (χ4n) is 2.77. The molecule has 0 atom stereocenters. The predicted molar refractivity (Wildman–Crippen MR) is 96.3 cm³/mol. The molecule has 1 aliphatic heterocycles. The average Bonchev–Trinajstić information content (AvgIpc) is 3.02. The van der Waals surface area contributed by atoms with E-state index in [0.29, 0.717) is 25.2 Å². The fourth-order valence-corrected chi connectivity index (χ4v) is 3.90. The zero-order valence-corrected chi connectivity index (χ0v) is 16.0. The van der Waals surface area contributed by atoms with Gasteiger partial charge in [0.15, 0.2) is 0 Å². The van der Waals surface area contributed by atoms with Gasteiger partial charge >= 0.3 is 6.36 Å². The van der Waals surface area contributed by atoms with Crippen molar-refractivity contribution in [2.75, 3.05) is 26.2 Å². The Balaban J connectivity index is 1.50. The number of benzene rings is 1. The minimum absolute atomic E-state index is 0.0280. The Labute approximate surface area is 161 Å². The van der Waals surface area contributed by atoms with Crippen molar-refractivity contribution in [2.24, 2.45) is 0 Å². The van der Waals surface area contributed by atoms with Gasteiger partial charge in [0.05, 0.1) is 9.35 Å². The van der Waals surface area contributed by atoms with Gasteiger partial charge in [-0.2, -0.15) is 0 Å². The van der Waals surface area contributed by atoms with Crippen LogP contribution in [0.3, 0.4) is 0 Å². The summed E-state index contributed by atoms with van der Waals surface area (Å²) >= 11 is 4.84. The Kier molecular flexibility index (Phi) is 5.89. The van der Waals surface area contributed by atoms with Crippen molar-refractivity contribution < 1.29 is 22.7 Å². The lowest BCUT2D eigenvalue weighted by Gasteiger charge is -2.34. The summed E-state index contributed by atoms with van der Waals surface area (Å²) in [4.78, 5) is 16.4. The molecule has 3 rings (SSSR count). The maximum absolute atomic E-state index is 12.4. The number of amides is 1. The van der Waals surface area contributed by atoms with Gasteiger partial charge < -0.3 is 9.64 Å². The average molecular weight is 449 g/mol. The highest BCUT2D eigenvalue weighted by Gasteiger charge is 2.31. The second kappa shape index (κ2) is 7.98. The van der Waals surface area contributed by atoms with Crippen molar-refractivity contribution in [2.45, 2.75) is 12.9 Å². The highest BCUT2D eigenvalue weighted by Crippen LogP contribution is 2.24. The lowest BCUT2D eigenvalue weighted by atomic mass is 10.2. The molecular weight excluding hydrogens is 433 g/mol. The molecule has 1 fully saturated rings. The van der Waals surface area contributed by atoms with E-state index in [1.165, 1.54) is 23.5 Å². The molecule has 0 aliphatic carbocycles. The molecule has 0 N–H and O–H groups in total. The number of rotatable bonds is 4. The first-order valence-corrected chi connectivity index (χ1v) is 9.58. The molecule has 9 heteroatoms. The molecule has 1 aromatic carbocycles. The minimum atomic E-state index is -4.68. The van der Waals surface area contributed by atoms with Gasteiger partial charge in [-0.25, -0.2) is 0 Å². The quantitative estimate of drug-likeness (QED) is 0.696. The highest BCUT2D eigenvalue weighted by atomic mass is 79.9. The van der Waals surface area contributed by atoms with Crippen LogP contribution in [0.5, 0.6) is 5.75 Å². The van der Waals surface area contributed by atoms with E-state index in [1.54, 1.807) is 12.1 Å². The molecule has 0 unspecified atom stereocenters. The number of piperazine rings is 1. The topological polar surface area (TPSA) is 32.8 Å². The largest absolute Gasteiger partial charge is 0.573 e. The molecule has 4 nitrogen and oxygen atoms in total. The Morgan fingerprint density at radius 2 is 1.81 bits per heavy atom. The summed E-state index contributed by atoms with van der Waals surface area (Å²) in [7, 11) is 0. The minimum Gasteiger partial charge on any atom is -0.406 e. The van der Waals surface area contributed by atoms with Crippen LogP contribution in [0.15, 0.2) is 39.5 Å². The zero-order chi connectivity index (χ0) is 18.7. The lowest BCUT2D eigenvalue weighted by molar-refractivity contribution is -0.274. The molecule has 2 heterocycles. The van der Waals surface area contributed by atoms with Gasteiger partial charge in [-0.15, -0.1) is 24.5 Å². The number of halogens is 4. The highest BCUT2D eigenvalue weighted by molar-refractivity contribution is 9.11. The number of thiophene rings is 1. The Morgan fingerprint density at radius 3 is 2.35 bits per heavy atom. The summed E-state index contributed by atoms with van der Waals surface area (Å²) < 4.78 is 41.3. The number of carbonyl (C=O) groups excluding carboxylic acids is 1. The number of hydrogen-bond donors (Lipinski definition) is 0. The predicted octanol–water partition coefficient (Wildman–Crippen LogP) is 4.37. The first-order chi connectivity index (χ1) is 12.3. The van der Waals surface area contributed by atoms with Crippen molar-refractivity contribution in [1.29, 1.82) is 0 Å². The molecule has 0 saturated carbocycles. The van der Waals surface area contributed by atoms with Crippen LogP contribution in [0, 0.1) is 0 Å². The molecule has 140 valence electrons. The second-order valence-corrected chi connectivity index (χ2v) is 8.19. The van der Waals surface area contributed by atoms with Crippen LogP contribution in [0.2, 0.25) is 0 Å². The van der Waals surface area contributed by atoms with Crippen molar-refractivity contribution >= 4 is 33.2 Å². The Hall–Kier alpha value is -1.58. The van der Waals surface area contributed by atoms with Gasteiger partial charge in [0, 0.05) is 38.1 Å². The Bertz CT molecular complexity index is 756. The van der Waals surface area contributed by atoms with E-state index in [-0.39, 0.29) is 11.7 Å². The number of carbonyl (C=O) groups is 1. The third kappa shape index (κ3) is 5.21. The smallest absolute Gasteiger partial charge is 0.406 e. The summed E-state index contributed by atoms with van der Waals surface area (Å²) in [5.74, 6) is -0.196. The first-order valence-electron chi connectivity index (χ1n) is 7.90. The molecular formula is C17H16BrF3N2O2S. The zero-order valence-electron chi connectivity index (χ0n) is 13.6. The maximum atomic E-state index is 12.4. The molecule has 0 radical (unpaired) electrons. The fraction of sp³-hybridized carbons (Fsp3) is 0.353. The van der Waals surface area contributed by atoms with Crippen molar-refractivity contribution in [3.63, 3.8) is 0 Å². The SMILES string of the molecule is O=C(c1csc(Br)c1)N1CCN(Cc2ccc(OC(F)(F)F)cc2)CC1. The van der Waals surface area contributed by atoms with Gasteiger partial charge in [-0.05, 0) is 39.7 Å². The Morgan fingerprint density at radius 1 is 1.15 bits per heavy atom. The van der Waals surface area contributed by atoms with Crippen LogP contribution in [-0.2, 0) is 6.54 Å². The van der Waals surface area contributed by atoms with E-state index in [9.17, 15) is 18.0 Å². The van der Waals surface area contributed by atoms with Crippen molar-refractivity contribution in [3.8, 4) is 5.75 Å². The van der Waals surface area contributed by atoms with Crippen LogP contribution in [0.25, 0.3) is 0 Å². The molecule has 1 aliphatic rings. The van der Waals surface area contributed by atoms with E-state index < -0.39 is 6.36 Å². The van der Waals surface area contributed by atoms with Gasteiger partial charge in [-0.3, -0.25) is 9.69 Å².